The van der Waals surface area contributed by atoms with Gasteiger partial charge in [-0.1, -0.05) is 24.3 Å². The summed E-state index contributed by atoms with van der Waals surface area (Å²) in [5.41, 5.74) is 4.23. The molecule has 19 heavy (non-hydrogen) atoms. The number of benzene rings is 1. The van der Waals surface area contributed by atoms with Crippen molar-refractivity contribution in [3.05, 3.63) is 41.0 Å². The van der Waals surface area contributed by atoms with E-state index in [0.29, 0.717) is 12.0 Å². The summed E-state index contributed by atoms with van der Waals surface area (Å²) in [4.78, 5) is 11.1. The maximum atomic E-state index is 11.1. The van der Waals surface area contributed by atoms with Crippen molar-refractivity contribution in [2.75, 3.05) is 6.54 Å². The van der Waals surface area contributed by atoms with Crippen LogP contribution < -0.4 is 5.32 Å². The second-order valence-electron chi connectivity index (χ2n) is 6.36. The van der Waals surface area contributed by atoms with Crippen LogP contribution in [0.3, 0.4) is 0 Å². The van der Waals surface area contributed by atoms with E-state index in [2.05, 4.69) is 35.5 Å². The second-order valence-corrected chi connectivity index (χ2v) is 6.36. The van der Waals surface area contributed by atoms with Crippen LogP contribution in [-0.4, -0.2) is 18.5 Å². The number of fused-ring (bicyclic) bond motifs is 1. The summed E-state index contributed by atoms with van der Waals surface area (Å²) < 4.78 is 0. The van der Waals surface area contributed by atoms with E-state index in [4.69, 9.17) is 0 Å². The van der Waals surface area contributed by atoms with Gasteiger partial charge in [-0.15, -0.1) is 0 Å². The van der Waals surface area contributed by atoms with E-state index in [1.165, 1.54) is 11.1 Å². The van der Waals surface area contributed by atoms with E-state index < -0.39 is 0 Å². The van der Waals surface area contributed by atoms with Crippen molar-refractivity contribution in [3.8, 4) is 0 Å². The minimum absolute atomic E-state index is 0.218. The van der Waals surface area contributed by atoms with Gasteiger partial charge < -0.3 is 5.32 Å². The Hall–Kier alpha value is -1.37. The Labute approximate surface area is 113 Å². The van der Waals surface area contributed by atoms with Gasteiger partial charge in [0.05, 0.1) is 0 Å². The maximum Gasteiger partial charge on any atom is 0.123 e. The van der Waals surface area contributed by atoms with Crippen molar-refractivity contribution >= 4 is 5.94 Å². The molecule has 3 atom stereocenters. The predicted octanol–water partition coefficient (Wildman–Crippen LogP) is 2.40. The normalized spacial score (nSPS) is 36.1. The molecule has 4 rings (SSSR count). The third-order valence-electron chi connectivity index (χ3n) is 5.60. The smallest absolute Gasteiger partial charge is 0.123 e. The lowest BCUT2D eigenvalue weighted by atomic mass is 9.52. The number of piperidine rings is 1. The molecule has 2 fully saturated rings. The zero-order chi connectivity index (χ0) is 12.9. The highest BCUT2D eigenvalue weighted by molar-refractivity contribution is 5.55. The Bertz CT molecular complexity index is 572. The molecule has 2 heteroatoms. The van der Waals surface area contributed by atoms with Gasteiger partial charge in [-0.05, 0) is 55.7 Å². The summed E-state index contributed by atoms with van der Waals surface area (Å²) in [5.74, 6) is 2.91. The van der Waals surface area contributed by atoms with Crippen LogP contribution in [0.25, 0.3) is 0 Å². The summed E-state index contributed by atoms with van der Waals surface area (Å²) in [6.45, 7) is 1.08. The Morgan fingerprint density at radius 2 is 2.21 bits per heavy atom. The first-order chi connectivity index (χ1) is 9.33. The van der Waals surface area contributed by atoms with E-state index in [1.807, 2.05) is 0 Å². The minimum atomic E-state index is 0.218. The van der Waals surface area contributed by atoms with E-state index >= 15 is 0 Å². The zero-order valence-electron chi connectivity index (χ0n) is 11.1. The van der Waals surface area contributed by atoms with Crippen molar-refractivity contribution in [1.29, 1.82) is 0 Å². The molecule has 1 saturated heterocycles. The number of carbonyl (C=O) groups excluding carboxylic acids is 1. The molecule has 3 aliphatic rings. The molecule has 2 nitrogen and oxygen atoms in total. The highest BCUT2D eigenvalue weighted by Crippen LogP contribution is 2.54. The summed E-state index contributed by atoms with van der Waals surface area (Å²) in [6, 6.07) is 9.48. The fourth-order valence-corrected chi connectivity index (χ4v) is 4.84. The van der Waals surface area contributed by atoms with Crippen molar-refractivity contribution in [3.63, 3.8) is 0 Å². The van der Waals surface area contributed by atoms with Crippen LogP contribution in [0.5, 0.6) is 0 Å². The molecule has 1 heterocycles. The van der Waals surface area contributed by atoms with Crippen molar-refractivity contribution < 1.29 is 4.79 Å². The summed E-state index contributed by atoms with van der Waals surface area (Å²) in [6.07, 6.45) is 5.36. The Kier molecular flexibility index (Phi) is 2.45. The first kappa shape index (κ1) is 11.5. The molecule has 2 aliphatic carbocycles. The van der Waals surface area contributed by atoms with Gasteiger partial charge in [0.15, 0.2) is 0 Å². The average Bonchev–Trinajstić information content (AvgIpc) is 2.46. The topological polar surface area (TPSA) is 29.1 Å². The Balaban J connectivity index is 1.91. The summed E-state index contributed by atoms with van der Waals surface area (Å²) >= 11 is 0. The van der Waals surface area contributed by atoms with Crippen molar-refractivity contribution in [1.82, 2.24) is 5.32 Å². The first-order valence-corrected chi connectivity index (χ1v) is 7.38. The number of nitrogens with one attached hydrogen (secondary N) is 1. The summed E-state index contributed by atoms with van der Waals surface area (Å²) in [5, 5.41) is 3.71. The monoisotopic (exact) mass is 253 g/mol. The van der Waals surface area contributed by atoms with Crippen molar-refractivity contribution in [2.45, 2.75) is 43.6 Å². The minimum Gasteiger partial charge on any atom is -0.313 e. The molecule has 0 aromatic heterocycles. The molecule has 0 unspecified atom stereocenters. The highest BCUT2D eigenvalue weighted by atomic mass is 16.1. The molecule has 0 spiro atoms. The third kappa shape index (κ3) is 1.51. The molecule has 98 valence electrons. The van der Waals surface area contributed by atoms with E-state index in [1.54, 1.807) is 0 Å². The number of hydrogen-bond acceptors (Lipinski definition) is 2. The van der Waals surface area contributed by atoms with Crippen LogP contribution in [0, 0.1) is 5.92 Å². The molecule has 1 N–H and O–H groups in total. The number of allylic oxidation sites excluding steroid dienone is 1. The predicted molar refractivity (Wildman–Crippen MR) is 74.8 cm³/mol. The molecule has 1 aliphatic heterocycles. The summed E-state index contributed by atoms with van der Waals surface area (Å²) in [7, 11) is 0. The fourth-order valence-electron chi connectivity index (χ4n) is 4.84. The number of hydrogen-bond donors (Lipinski definition) is 1. The van der Waals surface area contributed by atoms with Crippen LogP contribution in [0.15, 0.2) is 29.8 Å². The zero-order valence-corrected chi connectivity index (χ0v) is 11.1. The molecular weight excluding hydrogens is 234 g/mol. The van der Waals surface area contributed by atoms with Crippen LogP contribution in [0.2, 0.25) is 0 Å². The largest absolute Gasteiger partial charge is 0.313 e. The number of rotatable bonds is 0. The second kappa shape index (κ2) is 4.06. The molecular formula is C17H19NO. The average molecular weight is 253 g/mol. The molecule has 2 bridgehead atoms. The highest BCUT2D eigenvalue weighted by Gasteiger charge is 2.52. The molecule has 0 amide bonds. The molecule has 1 aromatic rings. The van der Waals surface area contributed by atoms with E-state index in [0.717, 1.165) is 44.2 Å². The lowest BCUT2D eigenvalue weighted by Crippen LogP contribution is -2.59. The van der Waals surface area contributed by atoms with Gasteiger partial charge in [0.2, 0.25) is 0 Å². The van der Waals surface area contributed by atoms with Crippen molar-refractivity contribution in [2.24, 2.45) is 5.92 Å². The van der Waals surface area contributed by atoms with Gasteiger partial charge in [0.1, 0.15) is 5.94 Å². The van der Waals surface area contributed by atoms with Crippen LogP contribution in [0.4, 0.5) is 0 Å². The maximum absolute atomic E-state index is 11.1. The lowest BCUT2D eigenvalue weighted by molar-refractivity contribution is 0.100. The van der Waals surface area contributed by atoms with Gasteiger partial charge in [-0.3, -0.25) is 0 Å². The Morgan fingerprint density at radius 3 is 3.11 bits per heavy atom. The van der Waals surface area contributed by atoms with E-state index in [-0.39, 0.29) is 5.41 Å². The Morgan fingerprint density at radius 1 is 1.32 bits per heavy atom. The molecule has 1 saturated carbocycles. The molecule has 0 radical (unpaired) electrons. The quantitative estimate of drug-likeness (QED) is 0.719. The molecule has 1 aromatic carbocycles. The van der Waals surface area contributed by atoms with Crippen LogP contribution in [0.1, 0.15) is 36.8 Å². The van der Waals surface area contributed by atoms with Crippen LogP contribution >= 0.6 is 0 Å². The van der Waals surface area contributed by atoms with E-state index in [9.17, 15) is 4.79 Å². The lowest BCUT2D eigenvalue weighted by Gasteiger charge is -2.55. The SMILES string of the molecule is O=C=C1CC[C@H]2[C@H]3Cc4ccccc4[C@@]2(CCN3)C1. The standard InChI is InChI=1S/C17H19NO/c19-11-12-5-6-15-16-9-13-3-1-2-4-14(13)17(15,10-12)7-8-18-16/h1-4,15-16,18H,5-10H2/t15-,16+,17+/m0/s1. The third-order valence-corrected chi connectivity index (χ3v) is 5.60. The van der Waals surface area contributed by atoms with Gasteiger partial charge in [0.25, 0.3) is 0 Å². The van der Waals surface area contributed by atoms with Gasteiger partial charge in [-0.25, -0.2) is 4.79 Å². The van der Waals surface area contributed by atoms with Gasteiger partial charge in [0, 0.05) is 17.0 Å². The first-order valence-electron chi connectivity index (χ1n) is 7.38. The van der Waals surface area contributed by atoms with Crippen LogP contribution in [-0.2, 0) is 16.6 Å². The fraction of sp³-hybridized carbons (Fsp3) is 0.529. The van der Waals surface area contributed by atoms with Gasteiger partial charge >= 0.3 is 0 Å². The van der Waals surface area contributed by atoms with Gasteiger partial charge in [-0.2, -0.15) is 0 Å².